The van der Waals surface area contributed by atoms with Crippen LogP contribution in [0, 0.1) is 0 Å². The monoisotopic (exact) mass is 479 g/mol. The summed E-state index contributed by atoms with van der Waals surface area (Å²) in [5.41, 5.74) is 6.09. The number of benzene rings is 1. The zero-order chi connectivity index (χ0) is 23.8. The topological polar surface area (TPSA) is 19.4 Å². The summed E-state index contributed by atoms with van der Waals surface area (Å²) in [4.78, 5) is 10.6. The number of piperidine rings is 2. The van der Waals surface area contributed by atoms with Crippen molar-refractivity contribution in [2.75, 3.05) is 39.3 Å². The fraction of sp³-hybridized carbons (Fsp3) is 0.700. The average molecular weight is 480 g/mol. The first-order valence-corrected chi connectivity index (χ1v) is 14.8. The zero-order valence-electron chi connectivity index (χ0n) is 22.0. The fourth-order valence-corrected chi connectivity index (χ4v) is 7.46. The highest BCUT2D eigenvalue weighted by Crippen LogP contribution is 2.47. The Hall–Kier alpha value is -1.23. The number of hydrogen-bond donors (Lipinski definition) is 0. The predicted molar refractivity (Wildman–Crippen MR) is 146 cm³/mol. The molecule has 3 nitrogen and oxygen atoms in total. The number of hydrogen-bond acceptors (Lipinski definition) is 4. The van der Waals surface area contributed by atoms with Gasteiger partial charge in [-0.15, -0.1) is 11.3 Å². The Bertz CT molecular complexity index is 961. The molecule has 2 aromatic rings. The van der Waals surface area contributed by atoms with E-state index in [1.807, 2.05) is 11.3 Å². The van der Waals surface area contributed by atoms with E-state index in [2.05, 4.69) is 61.1 Å². The van der Waals surface area contributed by atoms with Gasteiger partial charge in [0, 0.05) is 16.9 Å². The highest BCUT2D eigenvalue weighted by atomic mass is 32.1. The van der Waals surface area contributed by atoms with Gasteiger partial charge in [0.2, 0.25) is 0 Å². The smallest absolute Gasteiger partial charge is 0.0964 e. The molecule has 0 radical (unpaired) electrons. The number of likely N-dealkylation sites (tertiary alicyclic amines) is 2. The highest BCUT2D eigenvalue weighted by molar-refractivity contribution is 7.10. The molecule has 3 heterocycles. The molecule has 34 heavy (non-hydrogen) atoms. The molecule has 5 rings (SSSR count). The van der Waals surface area contributed by atoms with Gasteiger partial charge in [-0.3, -0.25) is 0 Å². The van der Waals surface area contributed by atoms with Gasteiger partial charge in [0.1, 0.15) is 0 Å². The Kier molecular flexibility index (Phi) is 7.21. The van der Waals surface area contributed by atoms with Crippen LogP contribution in [0.2, 0.25) is 0 Å². The molecule has 2 saturated heterocycles. The fourth-order valence-electron chi connectivity index (χ4n) is 6.46. The molecule has 0 spiro atoms. The van der Waals surface area contributed by atoms with Crippen LogP contribution in [0.1, 0.15) is 101 Å². The molecule has 0 unspecified atom stereocenters. The maximum atomic E-state index is 5.18. The van der Waals surface area contributed by atoms with Crippen molar-refractivity contribution in [2.24, 2.45) is 0 Å². The van der Waals surface area contributed by atoms with Crippen molar-refractivity contribution >= 4 is 11.3 Å². The minimum absolute atomic E-state index is 0.251. The number of nitrogens with zero attached hydrogens (tertiary/aromatic N) is 3. The van der Waals surface area contributed by atoms with Gasteiger partial charge < -0.3 is 9.80 Å². The van der Waals surface area contributed by atoms with E-state index in [1.54, 1.807) is 0 Å². The summed E-state index contributed by atoms with van der Waals surface area (Å²) in [5, 5.41) is 3.67. The van der Waals surface area contributed by atoms with Crippen LogP contribution < -0.4 is 0 Å². The summed E-state index contributed by atoms with van der Waals surface area (Å²) in [5.74, 6) is 0.644. The summed E-state index contributed by atoms with van der Waals surface area (Å²) in [6.07, 6.45) is 10.6. The van der Waals surface area contributed by atoms with E-state index in [1.165, 1.54) is 118 Å². The number of aromatic nitrogens is 1. The molecular formula is C30H45N3S. The van der Waals surface area contributed by atoms with E-state index in [0.717, 1.165) is 0 Å². The van der Waals surface area contributed by atoms with Crippen LogP contribution in [-0.2, 0) is 10.8 Å². The molecular weight excluding hydrogens is 434 g/mol. The first-order valence-electron chi connectivity index (χ1n) is 13.9. The maximum Gasteiger partial charge on any atom is 0.0964 e. The molecule has 1 aromatic carbocycles. The lowest BCUT2D eigenvalue weighted by atomic mass is 9.63. The van der Waals surface area contributed by atoms with E-state index in [4.69, 9.17) is 4.98 Å². The Morgan fingerprint density at radius 3 is 2.21 bits per heavy atom. The van der Waals surface area contributed by atoms with Crippen molar-refractivity contribution in [3.05, 3.63) is 39.7 Å². The largest absolute Gasteiger partial charge is 0.303 e. The molecule has 186 valence electrons. The summed E-state index contributed by atoms with van der Waals surface area (Å²) >= 11 is 1.89. The molecule has 4 heteroatoms. The van der Waals surface area contributed by atoms with Gasteiger partial charge in [-0.2, -0.15) is 0 Å². The van der Waals surface area contributed by atoms with Crippen molar-refractivity contribution in [3.8, 4) is 11.3 Å². The molecule has 0 N–H and O–H groups in total. The van der Waals surface area contributed by atoms with Crippen LogP contribution in [-0.4, -0.2) is 54.1 Å². The standard InChI is InChI=1S/C30H45N3S/c1-29(2)13-14-30(3,4)26-21-24(9-10-25(26)29)27-22-34-28(31-27)23-11-19-33(20-12-23)18-8-17-32-15-6-5-7-16-32/h9-10,21-23H,5-8,11-20H2,1-4H3. The van der Waals surface area contributed by atoms with Crippen molar-refractivity contribution in [3.63, 3.8) is 0 Å². The first-order chi connectivity index (χ1) is 16.3. The molecule has 0 atom stereocenters. The second-order valence-corrected chi connectivity index (χ2v) is 13.4. The second kappa shape index (κ2) is 10.0. The lowest BCUT2D eigenvalue weighted by Crippen LogP contribution is -2.36. The molecule has 1 aromatic heterocycles. The maximum absolute atomic E-state index is 5.18. The van der Waals surface area contributed by atoms with Gasteiger partial charge in [0.15, 0.2) is 0 Å². The van der Waals surface area contributed by atoms with Gasteiger partial charge in [0.25, 0.3) is 0 Å². The summed E-state index contributed by atoms with van der Waals surface area (Å²) in [7, 11) is 0. The Balaban J connectivity index is 1.18. The quantitative estimate of drug-likeness (QED) is 0.436. The summed E-state index contributed by atoms with van der Waals surface area (Å²) in [6.45, 7) is 17.3. The molecule has 0 bridgehead atoms. The Morgan fingerprint density at radius 2 is 1.50 bits per heavy atom. The van der Waals surface area contributed by atoms with E-state index in [9.17, 15) is 0 Å². The molecule has 2 fully saturated rings. The van der Waals surface area contributed by atoms with Crippen LogP contribution in [0.3, 0.4) is 0 Å². The lowest BCUT2D eigenvalue weighted by Gasteiger charge is -2.42. The number of rotatable bonds is 6. The van der Waals surface area contributed by atoms with Gasteiger partial charge in [-0.05, 0) is 112 Å². The van der Waals surface area contributed by atoms with Crippen LogP contribution >= 0.6 is 11.3 Å². The van der Waals surface area contributed by atoms with Crippen molar-refractivity contribution < 1.29 is 0 Å². The molecule has 2 aliphatic heterocycles. The Morgan fingerprint density at radius 1 is 0.853 bits per heavy atom. The Labute approximate surface area is 212 Å². The summed E-state index contributed by atoms with van der Waals surface area (Å²) in [6, 6.07) is 7.18. The summed E-state index contributed by atoms with van der Waals surface area (Å²) < 4.78 is 0. The van der Waals surface area contributed by atoms with Gasteiger partial charge >= 0.3 is 0 Å². The van der Waals surface area contributed by atoms with E-state index in [0.29, 0.717) is 5.92 Å². The minimum atomic E-state index is 0.251. The van der Waals surface area contributed by atoms with Gasteiger partial charge in [-0.25, -0.2) is 4.98 Å². The predicted octanol–water partition coefficient (Wildman–Crippen LogP) is 7.21. The molecule has 1 aliphatic carbocycles. The molecule has 3 aliphatic rings. The second-order valence-electron chi connectivity index (χ2n) is 12.5. The van der Waals surface area contributed by atoms with E-state index >= 15 is 0 Å². The van der Waals surface area contributed by atoms with E-state index < -0.39 is 0 Å². The van der Waals surface area contributed by atoms with Crippen LogP contribution in [0.15, 0.2) is 23.6 Å². The van der Waals surface area contributed by atoms with Gasteiger partial charge in [0.05, 0.1) is 10.7 Å². The van der Waals surface area contributed by atoms with E-state index in [-0.39, 0.29) is 10.8 Å². The SMILES string of the molecule is CC1(C)CCC(C)(C)c2cc(-c3csc(C4CCN(CCCN5CCCCC5)CC4)n3)ccc21. The van der Waals surface area contributed by atoms with Crippen molar-refractivity contribution in [2.45, 2.75) is 95.8 Å². The third-order valence-corrected chi connectivity index (χ3v) is 10.0. The number of fused-ring (bicyclic) bond motifs is 1. The molecule has 0 saturated carbocycles. The molecule has 0 amide bonds. The van der Waals surface area contributed by atoms with Crippen molar-refractivity contribution in [1.82, 2.24) is 14.8 Å². The van der Waals surface area contributed by atoms with Gasteiger partial charge in [-0.1, -0.05) is 46.2 Å². The van der Waals surface area contributed by atoms with Crippen LogP contribution in [0.4, 0.5) is 0 Å². The average Bonchev–Trinajstić information content (AvgIpc) is 3.33. The lowest BCUT2D eigenvalue weighted by molar-refractivity contribution is 0.180. The normalized spacial score (nSPS) is 23.6. The van der Waals surface area contributed by atoms with Crippen LogP contribution in [0.5, 0.6) is 0 Å². The minimum Gasteiger partial charge on any atom is -0.303 e. The van der Waals surface area contributed by atoms with Crippen LogP contribution in [0.25, 0.3) is 11.3 Å². The third-order valence-electron chi connectivity index (χ3n) is 9.00. The third kappa shape index (κ3) is 5.29. The number of thiazole rings is 1. The first kappa shape index (κ1) is 24.5. The highest BCUT2D eigenvalue weighted by Gasteiger charge is 2.37. The van der Waals surface area contributed by atoms with Crippen molar-refractivity contribution in [1.29, 1.82) is 0 Å². The zero-order valence-corrected chi connectivity index (χ0v) is 22.9.